The van der Waals surface area contributed by atoms with Gasteiger partial charge in [-0.25, -0.2) is 4.39 Å². The van der Waals surface area contributed by atoms with Crippen molar-refractivity contribution in [3.8, 4) is 11.5 Å². The normalized spacial score (nSPS) is 16.3. The van der Waals surface area contributed by atoms with Crippen molar-refractivity contribution in [3.05, 3.63) is 48.3 Å². The van der Waals surface area contributed by atoms with Crippen LogP contribution in [0, 0.1) is 5.82 Å². The zero-order valence-electron chi connectivity index (χ0n) is 12.1. The summed E-state index contributed by atoms with van der Waals surface area (Å²) in [7, 11) is 0. The molecule has 116 valence electrons. The van der Waals surface area contributed by atoms with Gasteiger partial charge in [-0.05, 0) is 37.1 Å². The highest BCUT2D eigenvalue weighted by atomic mass is 19.1. The second-order valence-corrected chi connectivity index (χ2v) is 5.21. The molecule has 2 aromatic rings. The highest BCUT2D eigenvalue weighted by Crippen LogP contribution is 2.41. The zero-order valence-corrected chi connectivity index (χ0v) is 12.1. The number of halogens is 1. The lowest BCUT2D eigenvalue weighted by Gasteiger charge is -2.21. The summed E-state index contributed by atoms with van der Waals surface area (Å²) in [5, 5.41) is 12.0. The molecule has 2 aromatic carbocycles. The Morgan fingerprint density at radius 3 is 2.45 bits per heavy atom. The monoisotopic (exact) mass is 303 g/mol. The van der Waals surface area contributed by atoms with E-state index in [0.29, 0.717) is 5.75 Å². The van der Waals surface area contributed by atoms with Crippen LogP contribution in [-0.4, -0.2) is 24.4 Å². The summed E-state index contributed by atoms with van der Waals surface area (Å²) >= 11 is 0. The molecule has 0 spiro atoms. The van der Waals surface area contributed by atoms with Gasteiger partial charge >= 0.3 is 0 Å². The Hall–Kier alpha value is -2.11. The van der Waals surface area contributed by atoms with Gasteiger partial charge in [0.05, 0.1) is 17.5 Å². The highest BCUT2D eigenvalue weighted by molar-refractivity contribution is 5.75. The van der Waals surface area contributed by atoms with Gasteiger partial charge in [0.15, 0.2) is 11.5 Å². The van der Waals surface area contributed by atoms with E-state index in [1.54, 1.807) is 6.07 Å². The predicted molar refractivity (Wildman–Crippen MR) is 82.3 cm³/mol. The van der Waals surface area contributed by atoms with E-state index in [9.17, 15) is 4.39 Å². The number of ether oxygens (including phenoxy) is 2. The van der Waals surface area contributed by atoms with Crippen LogP contribution in [0.3, 0.4) is 0 Å². The van der Waals surface area contributed by atoms with Crippen molar-refractivity contribution < 1.29 is 19.0 Å². The lowest BCUT2D eigenvalue weighted by Crippen LogP contribution is -2.19. The number of hydrogen-bond acceptors (Lipinski definition) is 4. The van der Waals surface area contributed by atoms with Gasteiger partial charge in [-0.15, -0.1) is 0 Å². The first-order valence-corrected chi connectivity index (χ1v) is 7.31. The fourth-order valence-electron chi connectivity index (χ4n) is 2.29. The minimum absolute atomic E-state index is 0.0891. The molecule has 4 rings (SSSR count). The van der Waals surface area contributed by atoms with E-state index < -0.39 is 0 Å². The number of anilines is 2. The topological polar surface area (TPSA) is 50.7 Å². The van der Waals surface area contributed by atoms with E-state index in [2.05, 4.69) is 5.32 Å². The molecule has 2 aliphatic rings. The van der Waals surface area contributed by atoms with Crippen LogP contribution in [0.2, 0.25) is 0 Å². The SMILES string of the molecule is Fc1ccc2c(c1)Oc1ccccc1N2.OC1CCOCC1. The Balaban J connectivity index is 0.000000174. The van der Waals surface area contributed by atoms with E-state index in [1.165, 1.54) is 12.1 Å². The standard InChI is InChI=1S/C12H8FNO.C5H10O2/c13-8-5-6-10-12(7-8)15-11-4-2-1-3-9(11)14-10;6-5-1-3-7-4-2-5/h1-7,14H;5-6H,1-4H2. The van der Waals surface area contributed by atoms with Crippen LogP contribution in [0.1, 0.15) is 12.8 Å². The number of fused-ring (bicyclic) bond motifs is 2. The van der Waals surface area contributed by atoms with E-state index in [0.717, 1.165) is 43.2 Å². The van der Waals surface area contributed by atoms with Crippen LogP contribution in [0.25, 0.3) is 0 Å². The van der Waals surface area contributed by atoms with Gasteiger partial charge in [0.2, 0.25) is 0 Å². The molecule has 0 amide bonds. The number of para-hydroxylation sites is 2. The smallest absolute Gasteiger partial charge is 0.153 e. The summed E-state index contributed by atoms with van der Waals surface area (Å²) in [6, 6.07) is 12.0. The van der Waals surface area contributed by atoms with Crippen molar-refractivity contribution in [2.45, 2.75) is 18.9 Å². The summed E-state index contributed by atoms with van der Waals surface area (Å²) in [5.74, 6) is 0.944. The number of hydrogen-bond donors (Lipinski definition) is 2. The van der Waals surface area contributed by atoms with E-state index in [-0.39, 0.29) is 11.9 Å². The summed E-state index contributed by atoms with van der Waals surface area (Å²) in [4.78, 5) is 0. The molecule has 0 aliphatic carbocycles. The van der Waals surface area contributed by atoms with Crippen LogP contribution in [0.15, 0.2) is 42.5 Å². The highest BCUT2D eigenvalue weighted by Gasteiger charge is 2.15. The largest absolute Gasteiger partial charge is 0.453 e. The first kappa shape index (κ1) is 14.8. The molecule has 0 bridgehead atoms. The number of nitrogens with one attached hydrogen (secondary N) is 1. The Kier molecular flexibility index (Phi) is 4.56. The Labute approximate surface area is 128 Å². The molecule has 22 heavy (non-hydrogen) atoms. The minimum atomic E-state index is -0.296. The summed E-state index contributed by atoms with van der Waals surface area (Å²) in [6.45, 7) is 1.47. The number of benzene rings is 2. The van der Waals surface area contributed by atoms with Crippen LogP contribution in [0.4, 0.5) is 15.8 Å². The zero-order chi connectivity index (χ0) is 15.4. The Morgan fingerprint density at radius 2 is 1.73 bits per heavy atom. The molecule has 2 heterocycles. The molecule has 2 aliphatic heterocycles. The van der Waals surface area contributed by atoms with Gasteiger partial charge in [-0.1, -0.05) is 12.1 Å². The van der Waals surface area contributed by atoms with E-state index >= 15 is 0 Å². The van der Waals surface area contributed by atoms with Crippen molar-refractivity contribution in [1.82, 2.24) is 0 Å². The third-order valence-corrected chi connectivity index (χ3v) is 3.51. The molecule has 0 aromatic heterocycles. The van der Waals surface area contributed by atoms with Gasteiger partial charge in [0.1, 0.15) is 5.82 Å². The molecule has 4 nitrogen and oxygen atoms in total. The second-order valence-electron chi connectivity index (χ2n) is 5.21. The van der Waals surface area contributed by atoms with Crippen molar-refractivity contribution in [2.24, 2.45) is 0 Å². The van der Waals surface area contributed by atoms with Crippen molar-refractivity contribution in [3.63, 3.8) is 0 Å². The van der Waals surface area contributed by atoms with Crippen molar-refractivity contribution >= 4 is 11.4 Å². The van der Waals surface area contributed by atoms with Gasteiger partial charge in [0, 0.05) is 19.3 Å². The average molecular weight is 303 g/mol. The quantitative estimate of drug-likeness (QED) is 0.662. The first-order valence-electron chi connectivity index (χ1n) is 7.31. The maximum Gasteiger partial charge on any atom is 0.153 e. The molecule has 0 saturated carbocycles. The number of rotatable bonds is 0. The third kappa shape index (κ3) is 3.55. The molecular weight excluding hydrogens is 285 g/mol. The molecule has 5 heteroatoms. The minimum Gasteiger partial charge on any atom is -0.453 e. The van der Waals surface area contributed by atoms with Crippen LogP contribution in [-0.2, 0) is 4.74 Å². The summed E-state index contributed by atoms with van der Waals surface area (Å²) in [5.41, 5.74) is 1.69. The molecule has 0 atom stereocenters. The molecular formula is C17H18FNO3. The van der Waals surface area contributed by atoms with Crippen LogP contribution in [0.5, 0.6) is 11.5 Å². The molecule has 1 fully saturated rings. The molecule has 2 N–H and O–H groups in total. The maximum atomic E-state index is 13.0. The lowest BCUT2D eigenvalue weighted by atomic mass is 10.2. The first-order chi connectivity index (χ1) is 10.7. The molecule has 0 radical (unpaired) electrons. The van der Waals surface area contributed by atoms with E-state index in [4.69, 9.17) is 14.6 Å². The summed E-state index contributed by atoms with van der Waals surface area (Å²) < 4.78 is 23.5. The number of aliphatic hydroxyl groups is 1. The van der Waals surface area contributed by atoms with Gasteiger partial charge in [0.25, 0.3) is 0 Å². The Bertz CT molecular complexity index is 642. The lowest BCUT2D eigenvalue weighted by molar-refractivity contribution is 0.0140. The third-order valence-electron chi connectivity index (χ3n) is 3.51. The van der Waals surface area contributed by atoms with Crippen molar-refractivity contribution in [1.29, 1.82) is 0 Å². The number of aliphatic hydroxyl groups excluding tert-OH is 1. The van der Waals surface area contributed by atoms with Crippen molar-refractivity contribution in [2.75, 3.05) is 18.5 Å². The fourth-order valence-corrected chi connectivity index (χ4v) is 2.29. The van der Waals surface area contributed by atoms with Gasteiger partial charge < -0.3 is 19.9 Å². The average Bonchev–Trinajstić information content (AvgIpc) is 2.54. The van der Waals surface area contributed by atoms with Crippen LogP contribution < -0.4 is 10.1 Å². The fraction of sp³-hybridized carbons (Fsp3) is 0.294. The predicted octanol–water partition coefficient (Wildman–Crippen LogP) is 3.83. The molecule has 1 saturated heterocycles. The van der Waals surface area contributed by atoms with Crippen LogP contribution >= 0.6 is 0 Å². The second kappa shape index (κ2) is 6.77. The summed E-state index contributed by atoms with van der Waals surface area (Å²) in [6.07, 6.45) is 1.55. The maximum absolute atomic E-state index is 13.0. The molecule has 0 unspecified atom stereocenters. The van der Waals surface area contributed by atoms with Gasteiger partial charge in [-0.3, -0.25) is 0 Å². The Morgan fingerprint density at radius 1 is 1.00 bits per heavy atom. The van der Waals surface area contributed by atoms with Gasteiger partial charge in [-0.2, -0.15) is 0 Å². The van der Waals surface area contributed by atoms with E-state index in [1.807, 2.05) is 24.3 Å².